The van der Waals surface area contributed by atoms with Crippen molar-refractivity contribution in [2.75, 3.05) is 5.43 Å². The van der Waals surface area contributed by atoms with E-state index in [1.165, 1.54) is 23.3 Å². The average molecular weight is 306 g/mol. The Morgan fingerprint density at radius 2 is 2.10 bits per heavy atom. The van der Waals surface area contributed by atoms with Gasteiger partial charge in [0.05, 0.1) is 5.69 Å². The number of nitrogens with one attached hydrogen (secondary N) is 1. The van der Waals surface area contributed by atoms with Gasteiger partial charge in [0.25, 0.3) is 0 Å². The molecule has 0 aliphatic heterocycles. The molecule has 0 spiro atoms. The number of thioether (sulfide) groups is 1. The smallest absolute Gasteiger partial charge is 0.214 e. The Kier molecular flexibility index (Phi) is 3.85. The van der Waals surface area contributed by atoms with E-state index in [2.05, 4.69) is 30.5 Å². The van der Waals surface area contributed by atoms with Gasteiger partial charge in [0.1, 0.15) is 10.7 Å². The topological polar surface area (TPSA) is 107 Å². The summed E-state index contributed by atoms with van der Waals surface area (Å²) >= 11 is 2.69. The quantitative estimate of drug-likeness (QED) is 0.410. The van der Waals surface area contributed by atoms with Gasteiger partial charge in [0, 0.05) is 17.3 Å². The van der Waals surface area contributed by atoms with Gasteiger partial charge in [-0.25, -0.2) is 5.84 Å². The Hall–Kier alpha value is -2.04. The van der Waals surface area contributed by atoms with Gasteiger partial charge < -0.3 is 5.43 Å². The Morgan fingerprint density at radius 3 is 2.90 bits per heavy atom. The normalized spacial score (nSPS) is 10.7. The predicted octanol–water partition coefficient (Wildman–Crippen LogP) is 1.09. The van der Waals surface area contributed by atoms with Crippen LogP contribution in [0.2, 0.25) is 0 Å². The lowest BCUT2D eigenvalue weighted by Crippen LogP contribution is -2.07. The summed E-state index contributed by atoms with van der Waals surface area (Å²) in [5.74, 6) is 5.98. The van der Waals surface area contributed by atoms with Crippen molar-refractivity contribution in [3.63, 3.8) is 0 Å². The first kappa shape index (κ1) is 13.0. The van der Waals surface area contributed by atoms with Crippen LogP contribution in [0.25, 0.3) is 5.69 Å². The minimum Gasteiger partial charge on any atom is -0.313 e. The van der Waals surface area contributed by atoms with Crippen LogP contribution >= 0.6 is 23.3 Å². The van der Waals surface area contributed by atoms with Crippen molar-refractivity contribution in [3.8, 4) is 5.69 Å². The SMILES string of the molecule is NNc1snnc1CSc1nnnn1-c1ccccc1. The molecule has 102 valence electrons. The maximum absolute atomic E-state index is 5.39. The molecule has 2 aromatic heterocycles. The molecule has 8 nitrogen and oxygen atoms in total. The number of nitrogens with two attached hydrogens (primary N) is 1. The Balaban J connectivity index is 1.78. The fourth-order valence-corrected chi connectivity index (χ4v) is 2.96. The summed E-state index contributed by atoms with van der Waals surface area (Å²) in [6, 6.07) is 9.70. The summed E-state index contributed by atoms with van der Waals surface area (Å²) in [6.07, 6.45) is 0. The van der Waals surface area contributed by atoms with Gasteiger partial charge in [0.2, 0.25) is 5.16 Å². The Bertz CT molecular complexity index is 679. The van der Waals surface area contributed by atoms with E-state index in [-0.39, 0.29) is 0 Å². The highest BCUT2D eigenvalue weighted by atomic mass is 32.2. The molecule has 10 heteroatoms. The van der Waals surface area contributed by atoms with E-state index in [9.17, 15) is 0 Å². The van der Waals surface area contributed by atoms with Gasteiger partial charge in [-0.05, 0) is 22.6 Å². The third kappa shape index (κ3) is 2.61. The molecule has 20 heavy (non-hydrogen) atoms. The van der Waals surface area contributed by atoms with Crippen LogP contribution in [0.3, 0.4) is 0 Å². The molecule has 0 aliphatic carbocycles. The summed E-state index contributed by atoms with van der Waals surface area (Å²) in [7, 11) is 0. The van der Waals surface area contributed by atoms with Crippen LogP contribution in [0.5, 0.6) is 0 Å². The number of tetrazole rings is 1. The number of hydrogen-bond acceptors (Lipinski definition) is 9. The number of anilines is 1. The second-order valence-corrected chi connectivity index (χ2v) is 5.39. The number of rotatable bonds is 5. The lowest BCUT2D eigenvalue weighted by molar-refractivity contribution is 0.756. The molecule has 3 N–H and O–H groups in total. The second-order valence-electron chi connectivity index (χ2n) is 3.69. The van der Waals surface area contributed by atoms with Crippen LogP contribution in [0.15, 0.2) is 35.5 Å². The highest BCUT2D eigenvalue weighted by Gasteiger charge is 2.12. The molecular formula is C10H10N8S2. The summed E-state index contributed by atoms with van der Waals surface area (Å²) in [5.41, 5.74) is 4.27. The van der Waals surface area contributed by atoms with Gasteiger partial charge >= 0.3 is 0 Å². The highest BCUT2D eigenvalue weighted by molar-refractivity contribution is 7.98. The van der Waals surface area contributed by atoms with Gasteiger partial charge in [-0.3, -0.25) is 0 Å². The number of hydrogen-bond donors (Lipinski definition) is 2. The van der Waals surface area contributed by atoms with E-state index in [4.69, 9.17) is 5.84 Å². The van der Waals surface area contributed by atoms with Crippen molar-refractivity contribution < 1.29 is 0 Å². The van der Waals surface area contributed by atoms with Crippen LogP contribution in [0, 0.1) is 0 Å². The monoisotopic (exact) mass is 306 g/mol. The molecule has 1 aromatic carbocycles. The third-order valence-electron chi connectivity index (χ3n) is 2.47. The molecule has 0 atom stereocenters. The maximum Gasteiger partial charge on any atom is 0.214 e. The number of nitrogens with zero attached hydrogens (tertiary/aromatic N) is 6. The van der Waals surface area contributed by atoms with Gasteiger partial charge in [-0.2, -0.15) is 4.68 Å². The molecule has 0 bridgehead atoms. The van der Waals surface area contributed by atoms with E-state index in [1.54, 1.807) is 4.68 Å². The van der Waals surface area contributed by atoms with Crippen LogP contribution in [-0.2, 0) is 5.75 Å². The number of benzene rings is 1. The highest BCUT2D eigenvalue weighted by Crippen LogP contribution is 2.26. The van der Waals surface area contributed by atoms with Crippen molar-refractivity contribution in [1.29, 1.82) is 0 Å². The zero-order valence-corrected chi connectivity index (χ0v) is 11.8. The first-order valence-electron chi connectivity index (χ1n) is 5.63. The first-order valence-corrected chi connectivity index (χ1v) is 7.39. The predicted molar refractivity (Wildman–Crippen MR) is 76.4 cm³/mol. The van der Waals surface area contributed by atoms with E-state index >= 15 is 0 Å². The molecule has 0 amide bonds. The zero-order valence-electron chi connectivity index (χ0n) is 10.2. The molecule has 0 unspecified atom stereocenters. The summed E-state index contributed by atoms with van der Waals surface area (Å²) in [5, 5.41) is 17.2. The standard InChI is InChI=1S/C10H10N8S2/c11-12-9-8(13-17-20-9)6-19-10-14-15-16-18(10)7-4-2-1-3-5-7/h1-5,12H,6,11H2. The fraction of sp³-hybridized carbons (Fsp3) is 0.100. The number of para-hydroxylation sites is 1. The summed E-state index contributed by atoms with van der Waals surface area (Å²) < 4.78 is 5.53. The average Bonchev–Trinajstić information content (AvgIpc) is 3.14. The van der Waals surface area contributed by atoms with Crippen molar-refractivity contribution >= 4 is 28.3 Å². The summed E-state index contributed by atoms with van der Waals surface area (Å²) in [4.78, 5) is 0. The molecule has 2 heterocycles. The second kappa shape index (κ2) is 5.94. The first-order chi connectivity index (χ1) is 9.88. The van der Waals surface area contributed by atoms with Crippen LogP contribution in [0.1, 0.15) is 5.69 Å². The molecule has 0 saturated heterocycles. The Morgan fingerprint density at radius 1 is 1.25 bits per heavy atom. The molecule has 0 aliphatic rings. The number of aromatic nitrogens is 6. The van der Waals surface area contributed by atoms with Crippen molar-refractivity contribution in [2.45, 2.75) is 10.9 Å². The van der Waals surface area contributed by atoms with Crippen molar-refractivity contribution in [3.05, 3.63) is 36.0 Å². The molecule has 3 aromatic rings. The Labute approximate surface area is 122 Å². The van der Waals surface area contributed by atoms with Crippen molar-refractivity contribution in [1.82, 2.24) is 29.8 Å². The maximum atomic E-state index is 5.39. The minimum absolute atomic E-state index is 0.587. The third-order valence-corrected chi connectivity index (χ3v) is 4.10. The minimum atomic E-state index is 0.587. The number of hydrazine groups is 1. The lowest BCUT2D eigenvalue weighted by atomic mass is 10.3. The van der Waals surface area contributed by atoms with Crippen LogP contribution in [-0.4, -0.2) is 29.8 Å². The van der Waals surface area contributed by atoms with Crippen LogP contribution < -0.4 is 11.3 Å². The van der Waals surface area contributed by atoms with Gasteiger partial charge in [-0.1, -0.05) is 34.4 Å². The molecule has 0 saturated carbocycles. The van der Waals surface area contributed by atoms with E-state index in [0.29, 0.717) is 10.9 Å². The summed E-state index contributed by atoms with van der Waals surface area (Å²) in [6.45, 7) is 0. The van der Waals surface area contributed by atoms with Crippen LogP contribution in [0.4, 0.5) is 5.00 Å². The van der Waals surface area contributed by atoms with Gasteiger partial charge in [0.15, 0.2) is 0 Å². The van der Waals surface area contributed by atoms with E-state index in [1.807, 2.05) is 30.3 Å². The fourth-order valence-electron chi connectivity index (χ4n) is 1.55. The largest absolute Gasteiger partial charge is 0.313 e. The number of nitrogen functional groups attached to an aromatic ring is 1. The zero-order chi connectivity index (χ0) is 13.8. The lowest BCUT2D eigenvalue weighted by Gasteiger charge is -2.03. The van der Waals surface area contributed by atoms with Crippen molar-refractivity contribution in [2.24, 2.45) is 5.84 Å². The molecular weight excluding hydrogens is 296 g/mol. The van der Waals surface area contributed by atoms with E-state index < -0.39 is 0 Å². The molecule has 0 radical (unpaired) electrons. The molecule has 0 fully saturated rings. The molecule has 3 rings (SSSR count). The van der Waals surface area contributed by atoms with E-state index in [0.717, 1.165) is 16.4 Å². The van der Waals surface area contributed by atoms with Gasteiger partial charge in [-0.15, -0.1) is 10.2 Å².